The number of rotatable bonds is 3. The lowest BCUT2D eigenvalue weighted by molar-refractivity contribution is -0.137. The highest BCUT2D eigenvalue weighted by molar-refractivity contribution is 5.67. The van der Waals surface area contributed by atoms with E-state index in [4.69, 9.17) is 5.11 Å². The van der Waals surface area contributed by atoms with E-state index in [0.717, 1.165) is 5.69 Å². The van der Waals surface area contributed by atoms with Gasteiger partial charge in [0.05, 0.1) is 6.42 Å². The fraction of sp³-hybridized carbons (Fsp3) is 0.375. The van der Waals surface area contributed by atoms with Crippen LogP contribution in [0.15, 0.2) is 18.3 Å². The SMILES string of the molecule is CC(CC(=O)O)c1ccc[nH]1. The number of aromatic amines is 1. The van der Waals surface area contributed by atoms with E-state index in [9.17, 15) is 4.79 Å². The first-order chi connectivity index (χ1) is 5.20. The van der Waals surface area contributed by atoms with Crippen molar-refractivity contribution >= 4 is 5.97 Å². The molecule has 0 aliphatic heterocycles. The Morgan fingerprint density at radius 3 is 3.00 bits per heavy atom. The van der Waals surface area contributed by atoms with Crippen LogP contribution >= 0.6 is 0 Å². The molecule has 0 fully saturated rings. The van der Waals surface area contributed by atoms with Crippen molar-refractivity contribution in [3.05, 3.63) is 24.0 Å². The molecule has 1 aromatic rings. The Kier molecular flexibility index (Phi) is 2.31. The van der Waals surface area contributed by atoms with E-state index >= 15 is 0 Å². The summed E-state index contributed by atoms with van der Waals surface area (Å²) in [5.41, 5.74) is 0.979. The van der Waals surface area contributed by atoms with Gasteiger partial charge in [0, 0.05) is 17.8 Å². The lowest BCUT2D eigenvalue weighted by atomic mass is 10.1. The van der Waals surface area contributed by atoms with Gasteiger partial charge in [-0.1, -0.05) is 6.92 Å². The minimum absolute atomic E-state index is 0.0718. The highest BCUT2D eigenvalue weighted by atomic mass is 16.4. The van der Waals surface area contributed by atoms with Gasteiger partial charge in [0.15, 0.2) is 0 Å². The van der Waals surface area contributed by atoms with Crippen molar-refractivity contribution in [2.45, 2.75) is 19.3 Å². The van der Waals surface area contributed by atoms with E-state index < -0.39 is 5.97 Å². The fourth-order valence-electron chi connectivity index (χ4n) is 1.02. The highest BCUT2D eigenvalue weighted by Gasteiger charge is 2.09. The maximum atomic E-state index is 10.3. The molecule has 1 unspecified atom stereocenters. The number of carboxylic acids is 1. The van der Waals surface area contributed by atoms with Gasteiger partial charge in [0.25, 0.3) is 0 Å². The summed E-state index contributed by atoms with van der Waals surface area (Å²) < 4.78 is 0. The molecule has 1 heterocycles. The number of carbonyl (C=O) groups is 1. The third-order valence-corrected chi connectivity index (χ3v) is 1.63. The van der Waals surface area contributed by atoms with Crippen LogP contribution in [0, 0.1) is 0 Å². The lowest BCUT2D eigenvalue weighted by Gasteiger charge is -2.04. The molecule has 0 amide bonds. The summed E-state index contributed by atoms with van der Waals surface area (Å²) in [4.78, 5) is 13.3. The third-order valence-electron chi connectivity index (χ3n) is 1.63. The van der Waals surface area contributed by atoms with Crippen LogP contribution in [0.25, 0.3) is 0 Å². The van der Waals surface area contributed by atoms with Crippen LogP contribution < -0.4 is 0 Å². The zero-order chi connectivity index (χ0) is 8.27. The molecule has 11 heavy (non-hydrogen) atoms. The number of carboxylic acid groups (broad SMARTS) is 1. The Morgan fingerprint density at radius 2 is 2.55 bits per heavy atom. The van der Waals surface area contributed by atoms with Crippen LogP contribution in [0.5, 0.6) is 0 Å². The smallest absolute Gasteiger partial charge is 0.304 e. The molecule has 0 aliphatic carbocycles. The summed E-state index contributed by atoms with van der Waals surface area (Å²) in [6, 6.07) is 3.77. The van der Waals surface area contributed by atoms with E-state index in [1.165, 1.54) is 0 Å². The van der Waals surface area contributed by atoms with E-state index in [1.807, 2.05) is 19.1 Å². The topological polar surface area (TPSA) is 53.1 Å². The van der Waals surface area contributed by atoms with E-state index in [-0.39, 0.29) is 12.3 Å². The average molecular weight is 153 g/mol. The summed E-state index contributed by atoms with van der Waals surface area (Å²) in [5, 5.41) is 8.47. The molecule has 3 nitrogen and oxygen atoms in total. The Morgan fingerprint density at radius 1 is 1.82 bits per heavy atom. The maximum absolute atomic E-state index is 10.3. The number of H-pyrrole nitrogens is 1. The van der Waals surface area contributed by atoms with Crippen LogP contribution in [0.1, 0.15) is 25.0 Å². The zero-order valence-corrected chi connectivity index (χ0v) is 6.37. The normalized spacial score (nSPS) is 12.8. The van der Waals surface area contributed by atoms with Gasteiger partial charge in [-0.25, -0.2) is 0 Å². The molecule has 0 spiro atoms. The average Bonchev–Trinajstić information content (AvgIpc) is 2.35. The van der Waals surface area contributed by atoms with Gasteiger partial charge in [-0.05, 0) is 12.1 Å². The third kappa shape index (κ3) is 2.11. The predicted octanol–water partition coefficient (Wildman–Crippen LogP) is 1.59. The Balaban J connectivity index is 2.56. The Hall–Kier alpha value is -1.25. The first-order valence-electron chi connectivity index (χ1n) is 3.55. The van der Waals surface area contributed by atoms with Crippen molar-refractivity contribution in [2.24, 2.45) is 0 Å². The first kappa shape index (κ1) is 7.85. The molecular formula is C8H11NO2. The summed E-state index contributed by atoms with van der Waals surface area (Å²) >= 11 is 0. The van der Waals surface area contributed by atoms with Crippen molar-refractivity contribution < 1.29 is 9.90 Å². The number of hydrogen-bond donors (Lipinski definition) is 2. The van der Waals surface area contributed by atoms with Gasteiger partial charge in [0.1, 0.15) is 0 Å². The van der Waals surface area contributed by atoms with Crippen LogP contribution in [0.2, 0.25) is 0 Å². The summed E-state index contributed by atoms with van der Waals surface area (Å²) in [7, 11) is 0. The van der Waals surface area contributed by atoms with Gasteiger partial charge < -0.3 is 10.1 Å². The Labute approximate surface area is 65.1 Å². The monoisotopic (exact) mass is 153 g/mol. The lowest BCUT2D eigenvalue weighted by Crippen LogP contribution is -2.02. The molecule has 1 atom stereocenters. The molecular weight excluding hydrogens is 142 g/mol. The number of aromatic nitrogens is 1. The quantitative estimate of drug-likeness (QED) is 0.692. The molecule has 60 valence electrons. The van der Waals surface area contributed by atoms with Crippen LogP contribution in [0.4, 0.5) is 0 Å². The van der Waals surface area contributed by atoms with Crippen molar-refractivity contribution in [2.75, 3.05) is 0 Å². The van der Waals surface area contributed by atoms with Crippen LogP contribution in [0.3, 0.4) is 0 Å². The van der Waals surface area contributed by atoms with Crippen molar-refractivity contribution in [1.82, 2.24) is 4.98 Å². The first-order valence-corrected chi connectivity index (χ1v) is 3.55. The minimum atomic E-state index is -0.757. The van der Waals surface area contributed by atoms with E-state index in [1.54, 1.807) is 6.20 Å². The highest BCUT2D eigenvalue weighted by Crippen LogP contribution is 2.15. The van der Waals surface area contributed by atoms with Gasteiger partial charge in [-0.15, -0.1) is 0 Å². The summed E-state index contributed by atoms with van der Waals surface area (Å²) in [6.45, 7) is 1.89. The maximum Gasteiger partial charge on any atom is 0.304 e. The second kappa shape index (κ2) is 3.23. The van der Waals surface area contributed by atoms with Gasteiger partial charge in [-0.3, -0.25) is 4.79 Å². The van der Waals surface area contributed by atoms with E-state index in [0.29, 0.717) is 0 Å². The summed E-state index contributed by atoms with van der Waals surface area (Å²) in [6.07, 6.45) is 1.98. The van der Waals surface area contributed by atoms with Gasteiger partial charge in [-0.2, -0.15) is 0 Å². The van der Waals surface area contributed by atoms with Crippen molar-refractivity contribution in [3.8, 4) is 0 Å². The molecule has 0 aliphatic rings. The molecule has 0 bridgehead atoms. The summed E-state index contributed by atoms with van der Waals surface area (Å²) in [5.74, 6) is -0.686. The largest absolute Gasteiger partial charge is 0.481 e. The predicted molar refractivity (Wildman–Crippen MR) is 41.5 cm³/mol. The number of hydrogen-bond acceptors (Lipinski definition) is 1. The molecule has 1 rings (SSSR count). The molecule has 1 aromatic heterocycles. The van der Waals surface area contributed by atoms with Crippen molar-refractivity contribution in [1.29, 1.82) is 0 Å². The van der Waals surface area contributed by atoms with Gasteiger partial charge in [0.2, 0.25) is 0 Å². The molecule has 0 saturated heterocycles. The van der Waals surface area contributed by atoms with Crippen LogP contribution in [-0.2, 0) is 4.79 Å². The molecule has 3 heteroatoms. The standard InChI is InChI=1S/C8H11NO2/c1-6(5-8(10)11)7-3-2-4-9-7/h2-4,6,9H,5H2,1H3,(H,10,11). The molecule has 0 aromatic carbocycles. The molecule has 2 N–H and O–H groups in total. The fourth-order valence-corrected chi connectivity index (χ4v) is 1.02. The van der Waals surface area contributed by atoms with Crippen LogP contribution in [-0.4, -0.2) is 16.1 Å². The number of aliphatic carboxylic acids is 1. The second-order valence-corrected chi connectivity index (χ2v) is 2.62. The molecule has 0 saturated carbocycles. The van der Waals surface area contributed by atoms with Gasteiger partial charge >= 0.3 is 5.97 Å². The van der Waals surface area contributed by atoms with E-state index in [2.05, 4.69) is 4.98 Å². The number of nitrogens with one attached hydrogen (secondary N) is 1. The minimum Gasteiger partial charge on any atom is -0.481 e. The second-order valence-electron chi connectivity index (χ2n) is 2.62. The van der Waals surface area contributed by atoms with Crippen molar-refractivity contribution in [3.63, 3.8) is 0 Å². The zero-order valence-electron chi connectivity index (χ0n) is 6.37. The Bertz CT molecular complexity index is 228. The molecule has 0 radical (unpaired) electrons.